The second-order valence-corrected chi connectivity index (χ2v) is 7.10. The van der Waals surface area contributed by atoms with Gasteiger partial charge in [-0.3, -0.25) is 0 Å². The van der Waals surface area contributed by atoms with Crippen molar-refractivity contribution in [2.75, 3.05) is 12.4 Å². The minimum atomic E-state index is -4.63. The molecule has 0 aliphatic heterocycles. The zero-order valence-electron chi connectivity index (χ0n) is 16.7. The molecule has 0 aliphatic carbocycles. The van der Waals surface area contributed by atoms with Gasteiger partial charge in [0.25, 0.3) is 0 Å². The molecule has 0 spiro atoms. The molecule has 0 saturated heterocycles. The van der Waals surface area contributed by atoms with Crippen LogP contribution in [0.25, 0.3) is 11.3 Å². The Balaban J connectivity index is 2.32. The molecule has 0 saturated carbocycles. The first-order valence-corrected chi connectivity index (χ1v) is 9.66. The van der Waals surface area contributed by atoms with Crippen molar-refractivity contribution in [3.63, 3.8) is 0 Å². The predicted octanol–water partition coefficient (Wildman–Crippen LogP) is 7.18. The molecule has 0 radical (unpaired) electrons. The standard InChI is InChI=1S/C24H18ClF3N2O/c1-15-6-5-9-21(22(15)30-2)31-23(18-7-3-4-8-20(18)24(26,27)28)19(14-29)16-10-12-17(25)13-11-16/h3-13,30H,1-2H3. The number of hydrogen-bond acceptors (Lipinski definition) is 3. The molecule has 0 aromatic heterocycles. The molecule has 3 aromatic carbocycles. The lowest BCUT2D eigenvalue weighted by Gasteiger charge is -2.20. The number of anilines is 1. The van der Waals surface area contributed by atoms with Crippen LogP contribution in [-0.2, 0) is 6.18 Å². The maximum atomic E-state index is 13.8. The van der Waals surface area contributed by atoms with E-state index in [1.807, 2.05) is 19.1 Å². The van der Waals surface area contributed by atoms with Crippen molar-refractivity contribution in [2.24, 2.45) is 0 Å². The molecule has 158 valence electrons. The first-order valence-electron chi connectivity index (χ1n) is 9.28. The van der Waals surface area contributed by atoms with Gasteiger partial charge in [0.05, 0.1) is 11.3 Å². The van der Waals surface area contributed by atoms with E-state index in [1.54, 1.807) is 43.4 Å². The summed E-state index contributed by atoms with van der Waals surface area (Å²) in [6.45, 7) is 1.84. The summed E-state index contributed by atoms with van der Waals surface area (Å²) in [5.74, 6) is 0.107. The Morgan fingerprint density at radius 3 is 2.29 bits per heavy atom. The Morgan fingerprint density at radius 2 is 1.68 bits per heavy atom. The lowest BCUT2D eigenvalue weighted by atomic mass is 9.98. The van der Waals surface area contributed by atoms with Crippen molar-refractivity contribution < 1.29 is 17.9 Å². The fourth-order valence-electron chi connectivity index (χ4n) is 3.19. The molecule has 7 heteroatoms. The Morgan fingerprint density at radius 1 is 1.00 bits per heavy atom. The summed E-state index contributed by atoms with van der Waals surface area (Å²) in [5, 5.41) is 13.4. The van der Waals surface area contributed by atoms with E-state index in [9.17, 15) is 18.4 Å². The number of nitriles is 1. The van der Waals surface area contributed by atoms with Crippen molar-refractivity contribution >= 4 is 28.6 Å². The van der Waals surface area contributed by atoms with Crippen LogP contribution in [0.5, 0.6) is 5.75 Å². The van der Waals surface area contributed by atoms with E-state index >= 15 is 0 Å². The Bertz CT molecular complexity index is 1160. The Hall–Kier alpha value is -3.43. The van der Waals surface area contributed by atoms with Crippen LogP contribution >= 0.6 is 11.6 Å². The van der Waals surface area contributed by atoms with Crippen molar-refractivity contribution in [2.45, 2.75) is 13.1 Å². The number of aryl methyl sites for hydroxylation is 1. The van der Waals surface area contributed by atoms with Gasteiger partial charge >= 0.3 is 6.18 Å². The maximum absolute atomic E-state index is 13.8. The molecule has 0 unspecified atom stereocenters. The molecule has 31 heavy (non-hydrogen) atoms. The van der Waals surface area contributed by atoms with Gasteiger partial charge < -0.3 is 10.1 Å². The highest BCUT2D eigenvalue weighted by atomic mass is 35.5. The highest BCUT2D eigenvalue weighted by molar-refractivity contribution is 6.30. The van der Waals surface area contributed by atoms with E-state index in [-0.39, 0.29) is 16.9 Å². The van der Waals surface area contributed by atoms with Crippen molar-refractivity contribution in [3.8, 4) is 11.8 Å². The van der Waals surface area contributed by atoms with E-state index in [0.717, 1.165) is 11.6 Å². The van der Waals surface area contributed by atoms with Gasteiger partial charge in [-0.25, -0.2) is 0 Å². The predicted molar refractivity (Wildman–Crippen MR) is 117 cm³/mol. The number of nitrogens with one attached hydrogen (secondary N) is 1. The molecule has 0 aliphatic rings. The Labute approximate surface area is 183 Å². The van der Waals surface area contributed by atoms with Crippen molar-refractivity contribution in [1.29, 1.82) is 5.26 Å². The normalized spacial score (nSPS) is 12.0. The van der Waals surface area contributed by atoms with Crippen LogP contribution < -0.4 is 10.1 Å². The number of benzene rings is 3. The van der Waals surface area contributed by atoms with Crippen LogP contribution in [0, 0.1) is 18.3 Å². The molecular formula is C24H18ClF3N2O. The Kier molecular flexibility index (Phi) is 6.57. The molecular weight excluding hydrogens is 425 g/mol. The SMILES string of the molecule is CNc1c(C)cccc1OC(=C(C#N)c1ccc(Cl)cc1)c1ccccc1C(F)(F)F. The third kappa shape index (κ3) is 4.84. The second-order valence-electron chi connectivity index (χ2n) is 6.67. The van der Waals surface area contributed by atoms with Crippen LogP contribution in [0.4, 0.5) is 18.9 Å². The molecule has 0 amide bonds. The maximum Gasteiger partial charge on any atom is 0.417 e. The minimum absolute atomic E-state index is 0.0445. The summed E-state index contributed by atoms with van der Waals surface area (Å²) >= 11 is 5.94. The van der Waals surface area contributed by atoms with Gasteiger partial charge in [-0.2, -0.15) is 18.4 Å². The van der Waals surface area contributed by atoms with Crippen LogP contribution in [0.3, 0.4) is 0 Å². The number of allylic oxidation sites excluding steroid dienone is 1. The monoisotopic (exact) mass is 442 g/mol. The smallest absolute Gasteiger partial charge is 0.417 e. The van der Waals surface area contributed by atoms with E-state index in [1.165, 1.54) is 18.2 Å². The number of rotatable bonds is 5. The van der Waals surface area contributed by atoms with E-state index < -0.39 is 11.7 Å². The van der Waals surface area contributed by atoms with Gasteiger partial charge in [0.1, 0.15) is 11.6 Å². The largest absolute Gasteiger partial charge is 0.453 e. The van der Waals surface area contributed by atoms with Gasteiger partial charge in [-0.05, 0) is 42.3 Å². The van der Waals surface area contributed by atoms with Crippen molar-refractivity contribution in [3.05, 3.63) is 94.0 Å². The van der Waals surface area contributed by atoms with E-state index in [4.69, 9.17) is 16.3 Å². The number of halogens is 4. The molecule has 3 aromatic rings. The third-order valence-corrected chi connectivity index (χ3v) is 4.90. The van der Waals surface area contributed by atoms with Gasteiger partial charge in [0.2, 0.25) is 0 Å². The van der Waals surface area contributed by atoms with E-state index in [0.29, 0.717) is 22.0 Å². The lowest BCUT2D eigenvalue weighted by Crippen LogP contribution is -2.12. The fourth-order valence-corrected chi connectivity index (χ4v) is 3.31. The molecule has 0 bridgehead atoms. The van der Waals surface area contributed by atoms with Crippen LogP contribution in [0.2, 0.25) is 5.02 Å². The average Bonchev–Trinajstić information content (AvgIpc) is 2.74. The quantitative estimate of drug-likeness (QED) is 0.258. The van der Waals surface area contributed by atoms with Gasteiger partial charge in [0.15, 0.2) is 11.5 Å². The van der Waals surface area contributed by atoms with Crippen molar-refractivity contribution in [1.82, 2.24) is 0 Å². The average molecular weight is 443 g/mol. The first kappa shape index (κ1) is 22.3. The third-order valence-electron chi connectivity index (χ3n) is 4.65. The molecule has 1 N–H and O–H groups in total. The minimum Gasteiger partial charge on any atom is -0.453 e. The topological polar surface area (TPSA) is 45.0 Å². The second kappa shape index (κ2) is 9.15. The van der Waals surface area contributed by atoms with E-state index in [2.05, 4.69) is 5.32 Å². The van der Waals surface area contributed by atoms with Gasteiger partial charge in [0, 0.05) is 17.6 Å². The van der Waals surface area contributed by atoms with Crippen LogP contribution in [-0.4, -0.2) is 7.05 Å². The van der Waals surface area contributed by atoms with Crippen LogP contribution in [0.1, 0.15) is 22.3 Å². The number of alkyl halides is 3. The summed E-state index contributed by atoms with van der Waals surface area (Å²) in [6, 6.07) is 18.5. The molecule has 0 atom stereocenters. The molecule has 3 rings (SSSR count). The van der Waals surface area contributed by atoms with Gasteiger partial charge in [-0.15, -0.1) is 0 Å². The fraction of sp³-hybridized carbons (Fsp3) is 0.125. The summed E-state index contributed by atoms with van der Waals surface area (Å²) in [7, 11) is 1.69. The first-order chi connectivity index (χ1) is 14.8. The van der Waals surface area contributed by atoms with Gasteiger partial charge in [-0.1, -0.05) is 54.1 Å². The summed E-state index contributed by atoms with van der Waals surface area (Å²) in [4.78, 5) is 0. The number of ether oxygens (including phenoxy) is 1. The lowest BCUT2D eigenvalue weighted by molar-refractivity contribution is -0.137. The summed E-state index contributed by atoms with van der Waals surface area (Å²) in [6.07, 6.45) is -4.63. The number of para-hydroxylation sites is 1. The summed E-state index contributed by atoms with van der Waals surface area (Å²) in [5.41, 5.74) is 0.663. The molecule has 0 heterocycles. The number of hydrogen-bond donors (Lipinski definition) is 1. The molecule has 3 nitrogen and oxygen atoms in total. The van der Waals surface area contributed by atoms with Crippen LogP contribution in [0.15, 0.2) is 66.7 Å². The number of nitrogens with zero attached hydrogens (tertiary/aromatic N) is 1. The molecule has 0 fully saturated rings. The summed E-state index contributed by atoms with van der Waals surface area (Å²) < 4.78 is 47.4. The highest BCUT2D eigenvalue weighted by Crippen LogP contribution is 2.40. The highest BCUT2D eigenvalue weighted by Gasteiger charge is 2.35. The zero-order chi connectivity index (χ0) is 22.6. The zero-order valence-corrected chi connectivity index (χ0v) is 17.5.